The Morgan fingerprint density at radius 2 is 1.90 bits per heavy atom. The summed E-state index contributed by atoms with van der Waals surface area (Å²) in [6.07, 6.45) is 4.92. The van der Waals surface area contributed by atoms with Gasteiger partial charge in [-0.05, 0) is 18.3 Å². The van der Waals surface area contributed by atoms with Crippen LogP contribution in [0, 0.1) is 5.41 Å². The summed E-state index contributed by atoms with van der Waals surface area (Å²) < 4.78 is 0. The summed E-state index contributed by atoms with van der Waals surface area (Å²) in [5, 5.41) is 3.83. The maximum atomic E-state index is 12.2. The number of thiazole rings is 1. The van der Waals surface area contributed by atoms with E-state index in [0.717, 1.165) is 18.2 Å². The molecule has 1 aromatic heterocycles. The van der Waals surface area contributed by atoms with Gasteiger partial charge >= 0.3 is 0 Å². The first-order valence-corrected chi connectivity index (χ1v) is 8.48. The molecule has 0 aromatic carbocycles. The molecule has 1 saturated heterocycles. The van der Waals surface area contributed by atoms with Crippen LogP contribution >= 0.6 is 11.3 Å². The molecule has 0 atom stereocenters. The molecule has 0 saturated carbocycles. The predicted molar refractivity (Wildman–Crippen MR) is 89.0 cm³/mol. The SMILES string of the molecule is CC(C)(C)CNC(=O)c1sc(N2CCCCCC2)nc1N. The largest absolute Gasteiger partial charge is 0.382 e. The number of hydrogen-bond acceptors (Lipinski definition) is 5. The number of aromatic nitrogens is 1. The Hall–Kier alpha value is -1.30. The van der Waals surface area contributed by atoms with E-state index in [-0.39, 0.29) is 11.3 Å². The molecule has 2 heterocycles. The third-order valence-corrected chi connectivity index (χ3v) is 4.63. The maximum absolute atomic E-state index is 12.2. The molecule has 0 radical (unpaired) electrons. The number of nitrogens with zero attached hydrogens (tertiary/aromatic N) is 2. The lowest BCUT2D eigenvalue weighted by molar-refractivity contribution is 0.0944. The molecule has 5 nitrogen and oxygen atoms in total. The van der Waals surface area contributed by atoms with Gasteiger partial charge in [-0.15, -0.1) is 0 Å². The number of rotatable bonds is 3. The Labute approximate surface area is 130 Å². The first-order valence-electron chi connectivity index (χ1n) is 7.66. The summed E-state index contributed by atoms with van der Waals surface area (Å²) in [5.41, 5.74) is 6.00. The van der Waals surface area contributed by atoms with E-state index in [0.29, 0.717) is 17.2 Å². The fraction of sp³-hybridized carbons (Fsp3) is 0.733. The number of carbonyl (C=O) groups excluding carboxylic acids is 1. The molecule has 118 valence electrons. The molecule has 1 aliphatic heterocycles. The van der Waals surface area contributed by atoms with Gasteiger partial charge in [-0.2, -0.15) is 0 Å². The van der Waals surface area contributed by atoms with Crippen LogP contribution in [0.15, 0.2) is 0 Å². The monoisotopic (exact) mass is 310 g/mol. The summed E-state index contributed by atoms with van der Waals surface area (Å²) in [4.78, 5) is 19.4. The van der Waals surface area contributed by atoms with Gasteiger partial charge in [-0.3, -0.25) is 4.79 Å². The van der Waals surface area contributed by atoms with Gasteiger partial charge < -0.3 is 16.0 Å². The van der Waals surface area contributed by atoms with Crippen molar-refractivity contribution >= 4 is 28.2 Å². The molecule has 1 aromatic rings. The second-order valence-electron chi connectivity index (χ2n) is 6.86. The van der Waals surface area contributed by atoms with Gasteiger partial charge in [0, 0.05) is 19.6 Å². The Morgan fingerprint density at radius 1 is 1.29 bits per heavy atom. The zero-order chi connectivity index (χ0) is 15.5. The highest BCUT2D eigenvalue weighted by atomic mass is 32.1. The highest BCUT2D eigenvalue weighted by Crippen LogP contribution is 2.29. The maximum Gasteiger partial charge on any atom is 0.265 e. The molecule has 3 N–H and O–H groups in total. The average molecular weight is 310 g/mol. The van der Waals surface area contributed by atoms with Crippen molar-refractivity contribution in [3.63, 3.8) is 0 Å². The number of anilines is 2. The summed E-state index contributed by atoms with van der Waals surface area (Å²) in [7, 11) is 0. The first kappa shape index (κ1) is 16.1. The Bertz CT molecular complexity index is 484. The standard InChI is InChI=1S/C15H26N4OS/c1-15(2,3)10-17-13(20)11-12(16)18-14(21-11)19-8-6-4-5-7-9-19/h4-10,16H2,1-3H3,(H,17,20). The van der Waals surface area contributed by atoms with Gasteiger partial charge in [0.1, 0.15) is 10.7 Å². The van der Waals surface area contributed by atoms with Crippen LogP contribution in [0.2, 0.25) is 0 Å². The van der Waals surface area contributed by atoms with E-state index in [9.17, 15) is 4.79 Å². The zero-order valence-electron chi connectivity index (χ0n) is 13.2. The number of hydrogen-bond donors (Lipinski definition) is 2. The van der Waals surface area contributed by atoms with Gasteiger partial charge in [0.15, 0.2) is 5.13 Å². The molecule has 2 rings (SSSR count). The van der Waals surface area contributed by atoms with Gasteiger partial charge in [0.2, 0.25) is 0 Å². The smallest absolute Gasteiger partial charge is 0.265 e. The predicted octanol–water partition coefficient (Wildman–Crippen LogP) is 2.88. The Kier molecular flexibility index (Phi) is 5.08. The minimum Gasteiger partial charge on any atom is -0.382 e. The van der Waals surface area contributed by atoms with Gasteiger partial charge in [0.25, 0.3) is 5.91 Å². The number of amides is 1. The molecule has 21 heavy (non-hydrogen) atoms. The normalized spacial score (nSPS) is 16.6. The highest BCUT2D eigenvalue weighted by molar-refractivity contribution is 7.18. The van der Waals surface area contributed by atoms with E-state index in [2.05, 4.69) is 36.0 Å². The number of nitrogen functional groups attached to an aromatic ring is 1. The lowest BCUT2D eigenvalue weighted by Crippen LogP contribution is -2.32. The first-order chi connectivity index (χ1) is 9.87. The third-order valence-electron chi connectivity index (χ3n) is 3.50. The van der Waals surface area contributed by atoms with Crippen LogP contribution in [-0.2, 0) is 0 Å². The van der Waals surface area contributed by atoms with E-state index in [1.165, 1.54) is 37.0 Å². The Morgan fingerprint density at radius 3 is 2.48 bits per heavy atom. The topological polar surface area (TPSA) is 71.2 Å². The van der Waals surface area contributed by atoms with Crippen molar-refractivity contribution in [1.82, 2.24) is 10.3 Å². The van der Waals surface area contributed by atoms with Crippen LogP contribution in [0.4, 0.5) is 10.9 Å². The molecule has 0 aliphatic carbocycles. The van der Waals surface area contributed by atoms with E-state index in [1.807, 2.05) is 0 Å². The summed E-state index contributed by atoms with van der Waals surface area (Å²) >= 11 is 1.41. The fourth-order valence-electron chi connectivity index (χ4n) is 2.31. The Balaban J connectivity index is 2.05. The third kappa shape index (κ3) is 4.59. The molecular formula is C15H26N4OS. The van der Waals surface area contributed by atoms with Crippen LogP contribution in [0.25, 0.3) is 0 Å². The lowest BCUT2D eigenvalue weighted by Gasteiger charge is -2.19. The van der Waals surface area contributed by atoms with Crippen LogP contribution in [-0.4, -0.2) is 30.5 Å². The second kappa shape index (κ2) is 6.64. The van der Waals surface area contributed by atoms with Gasteiger partial charge in [-0.1, -0.05) is 44.9 Å². The minimum absolute atomic E-state index is 0.0583. The molecule has 0 spiro atoms. The van der Waals surface area contributed by atoms with Crippen LogP contribution < -0.4 is 16.0 Å². The number of nitrogens with two attached hydrogens (primary N) is 1. The van der Waals surface area contributed by atoms with Crippen molar-refractivity contribution in [3.8, 4) is 0 Å². The van der Waals surface area contributed by atoms with Gasteiger partial charge in [0.05, 0.1) is 0 Å². The fourth-order valence-corrected chi connectivity index (χ4v) is 3.26. The minimum atomic E-state index is -0.110. The molecule has 6 heteroatoms. The molecular weight excluding hydrogens is 284 g/mol. The van der Waals surface area contributed by atoms with E-state index < -0.39 is 0 Å². The zero-order valence-corrected chi connectivity index (χ0v) is 14.1. The van der Waals surface area contributed by atoms with Crippen molar-refractivity contribution < 1.29 is 4.79 Å². The second-order valence-corrected chi connectivity index (χ2v) is 7.83. The molecule has 0 bridgehead atoms. The van der Waals surface area contributed by atoms with Gasteiger partial charge in [-0.25, -0.2) is 4.98 Å². The molecule has 1 amide bonds. The quantitative estimate of drug-likeness (QED) is 0.900. The summed E-state index contributed by atoms with van der Waals surface area (Å²) in [5.74, 6) is 0.242. The van der Waals surface area contributed by atoms with Crippen molar-refractivity contribution in [2.24, 2.45) is 5.41 Å². The van der Waals surface area contributed by atoms with E-state index >= 15 is 0 Å². The van der Waals surface area contributed by atoms with Crippen LogP contribution in [0.5, 0.6) is 0 Å². The van der Waals surface area contributed by atoms with Crippen LogP contribution in [0.3, 0.4) is 0 Å². The number of nitrogens with one attached hydrogen (secondary N) is 1. The van der Waals surface area contributed by atoms with Crippen molar-refractivity contribution in [3.05, 3.63) is 4.88 Å². The van der Waals surface area contributed by atoms with Crippen molar-refractivity contribution in [1.29, 1.82) is 0 Å². The van der Waals surface area contributed by atoms with Crippen molar-refractivity contribution in [2.45, 2.75) is 46.5 Å². The summed E-state index contributed by atoms with van der Waals surface area (Å²) in [6.45, 7) is 8.91. The van der Waals surface area contributed by atoms with Crippen molar-refractivity contribution in [2.75, 3.05) is 30.3 Å². The van der Waals surface area contributed by atoms with Crippen LogP contribution in [0.1, 0.15) is 56.1 Å². The van der Waals surface area contributed by atoms with E-state index in [1.54, 1.807) is 0 Å². The van der Waals surface area contributed by atoms with E-state index in [4.69, 9.17) is 5.73 Å². The summed E-state index contributed by atoms with van der Waals surface area (Å²) in [6, 6.07) is 0. The molecule has 1 aliphatic rings. The number of carbonyl (C=O) groups is 1. The molecule has 1 fully saturated rings. The highest BCUT2D eigenvalue weighted by Gasteiger charge is 2.21. The average Bonchev–Trinajstić information content (AvgIpc) is 2.64. The lowest BCUT2D eigenvalue weighted by atomic mass is 9.97. The molecule has 0 unspecified atom stereocenters.